The molecule has 26 heavy (non-hydrogen) atoms. The number of likely N-dealkylation sites (tertiary alicyclic amines) is 1. The molecule has 1 aliphatic carbocycles. The first-order chi connectivity index (χ1) is 12.4. The number of piperidine rings is 1. The molecule has 0 aromatic heterocycles. The van der Waals surface area contributed by atoms with Gasteiger partial charge in [0, 0.05) is 45.0 Å². The fourth-order valence-electron chi connectivity index (χ4n) is 4.22. The minimum absolute atomic E-state index is 0.0108. The van der Waals surface area contributed by atoms with E-state index in [1.54, 1.807) is 11.8 Å². The van der Waals surface area contributed by atoms with Gasteiger partial charge in [0.05, 0.1) is 5.57 Å². The summed E-state index contributed by atoms with van der Waals surface area (Å²) >= 11 is 0. The Hall–Kier alpha value is -2.11. The molecule has 2 aliphatic heterocycles. The van der Waals surface area contributed by atoms with Crippen LogP contribution in [0.3, 0.4) is 0 Å². The van der Waals surface area contributed by atoms with Gasteiger partial charge in [0.1, 0.15) is 5.60 Å². The number of allylic oxidation sites excluding steroid dienone is 1. The van der Waals surface area contributed by atoms with Gasteiger partial charge in [-0.15, -0.1) is 0 Å². The Labute approximate surface area is 154 Å². The van der Waals surface area contributed by atoms with Crippen molar-refractivity contribution >= 4 is 17.8 Å². The van der Waals surface area contributed by atoms with Crippen molar-refractivity contribution in [1.82, 2.24) is 10.2 Å². The van der Waals surface area contributed by atoms with Gasteiger partial charge in [0.15, 0.2) is 0 Å². The number of ether oxygens (including phenoxy) is 1. The highest BCUT2D eigenvalue weighted by molar-refractivity contribution is 6.07. The van der Waals surface area contributed by atoms with Gasteiger partial charge in [-0.2, -0.15) is 0 Å². The second kappa shape index (κ2) is 7.64. The maximum absolute atomic E-state index is 12.8. The van der Waals surface area contributed by atoms with Crippen LogP contribution in [0.1, 0.15) is 58.8 Å². The molecular weight excluding hydrogens is 332 g/mol. The molecule has 0 unspecified atom stereocenters. The second-order valence-corrected chi connectivity index (χ2v) is 7.50. The molecule has 2 heterocycles. The van der Waals surface area contributed by atoms with Crippen LogP contribution in [0.2, 0.25) is 0 Å². The third-order valence-corrected chi connectivity index (χ3v) is 5.79. The summed E-state index contributed by atoms with van der Waals surface area (Å²) in [4.78, 5) is 38.3. The number of amides is 2. The molecule has 142 valence electrons. The van der Waals surface area contributed by atoms with Crippen molar-refractivity contribution in [1.29, 1.82) is 0 Å². The highest BCUT2D eigenvalue weighted by atomic mass is 16.6. The minimum atomic E-state index is -0.874. The Morgan fingerprint density at radius 3 is 2.62 bits per heavy atom. The van der Waals surface area contributed by atoms with Gasteiger partial charge >= 0.3 is 5.97 Å². The van der Waals surface area contributed by atoms with E-state index in [9.17, 15) is 14.4 Å². The quantitative estimate of drug-likeness (QED) is 0.616. The van der Waals surface area contributed by atoms with Crippen LogP contribution in [0.15, 0.2) is 22.8 Å². The van der Waals surface area contributed by atoms with Crippen molar-refractivity contribution in [3.8, 4) is 0 Å². The zero-order chi connectivity index (χ0) is 18.7. The molecule has 3 rings (SSSR count). The molecule has 1 spiro atoms. The number of carbonyl (C=O) groups excluding carboxylic acids is 3. The number of rotatable bonds is 4. The van der Waals surface area contributed by atoms with Crippen LogP contribution in [0.5, 0.6) is 0 Å². The van der Waals surface area contributed by atoms with Crippen LogP contribution >= 0.6 is 0 Å². The molecular formula is C20H28N2O4. The summed E-state index contributed by atoms with van der Waals surface area (Å²) in [6.45, 7) is 4.77. The number of nitrogens with one attached hydrogen (secondary N) is 1. The highest BCUT2D eigenvalue weighted by Crippen LogP contribution is 2.41. The molecule has 0 radical (unpaired) electrons. The average Bonchev–Trinajstić information content (AvgIpc) is 2.86. The van der Waals surface area contributed by atoms with E-state index in [4.69, 9.17) is 4.74 Å². The molecule has 0 atom stereocenters. The van der Waals surface area contributed by atoms with E-state index in [0.717, 1.165) is 19.3 Å². The second-order valence-electron chi connectivity index (χ2n) is 7.50. The average molecular weight is 360 g/mol. The summed E-state index contributed by atoms with van der Waals surface area (Å²) in [5.74, 6) is -0.612. The molecule has 3 aliphatic rings. The Morgan fingerprint density at radius 2 is 2.00 bits per heavy atom. The predicted molar refractivity (Wildman–Crippen MR) is 97.2 cm³/mol. The SMILES string of the molecule is CC(=O)N1CCC2(CC1)OC(=O)C(C)=C2C(=O)NCCC1=CCCCC1. The fourth-order valence-corrected chi connectivity index (χ4v) is 4.22. The van der Waals surface area contributed by atoms with Gasteiger partial charge in [-0.3, -0.25) is 9.59 Å². The van der Waals surface area contributed by atoms with Crippen LogP contribution in [0.25, 0.3) is 0 Å². The fraction of sp³-hybridized carbons (Fsp3) is 0.650. The third-order valence-electron chi connectivity index (χ3n) is 5.79. The molecule has 0 bridgehead atoms. The normalized spacial score (nSPS) is 22.3. The molecule has 1 fully saturated rings. The topological polar surface area (TPSA) is 75.7 Å². The van der Waals surface area contributed by atoms with Gasteiger partial charge in [0.25, 0.3) is 5.91 Å². The lowest BCUT2D eigenvalue weighted by atomic mass is 9.82. The maximum Gasteiger partial charge on any atom is 0.335 e. The maximum atomic E-state index is 12.8. The van der Waals surface area contributed by atoms with Crippen LogP contribution in [0.4, 0.5) is 0 Å². The summed E-state index contributed by atoms with van der Waals surface area (Å²) in [5.41, 5.74) is 1.39. The lowest BCUT2D eigenvalue weighted by molar-refractivity contribution is -0.152. The minimum Gasteiger partial charge on any atom is -0.450 e. The van der Waals surface area contributed by atoms with Crippen molar-refractivity contribution < 1.29 is 19.1 Å². The number of carbonyl (C=O) groups is 3. The summed E-state index contributed by atoms with van der Waals surface area (Å²) in [6, 6.07) is 0. The van der Waals surface area contributed by atoms with E-state index in [2.05, 4.69) is 11.4 Å². The number of nitrogens with zero attached hydrogens (tertiary/aromatic N) is 1. The van der Waals surface area contributed by atoms with E-state index in [0.29, 0.717) is 43.6 Å². The largest absolute Gasteiger partial charge is 0.450 e. The molecule has 6 nitrogen and oxygen atoms in total. The molecule has 6 heteroatoms. The summed E-state index contributed by atoms with van der Waals surface area (Å²) in [6.07, 6.45) is 8.81. The van der Waals surface area contributed by atoms with Gasteiger partial charge in [0.2, 0.25) is 5.91 Å². The standard InChI is InChI=1S/C20H28N2O4/c1-14-17(18(24)21-11-8-16-6-4-3-5-7-16)20(26-19(14)25)9-12-22(13-10-20)15(2)23/h6H,3-5,7-13H2,1-2H3,(H,21,24). The highest BCUT2D eigenvalue weighted by Gasteiger charge is 2.50. The van der Waals surface area contributed by atoms with Crippen molar-refractivity contribution in [2.75, 3.05) is 19.6 Å². The summed E-state index contributed by atoms with van der Waals surface area (Å²) in [5, 5.41) is 2.98. The molecule has 1 N–H and O–H groups in total. The lowest BCUT2D eigenvalue weighted by Gasteiger charge is -2.39. The molecule has 0 saturated carbocycles. The molecule has 0 aromatic carbocycles. The van der Waals surface area contributed by atoms with Gasteiger partial charge < -0.3 is 15.0 Å². The van der Waals surface area contributed by atoms with Crippen molar-refractivity contribution in [2.24, 2.45) is 0 Å². The van der Waals surface area contributed by atoms with Crippen LogP contribution < -0.4 is 5.32 Å². The van der Waals surface area contributed by atoms with E-state index in [-0.39, 0.29) is 11.8 Å². The summed E-state index contributed by atoms with van der Waals surface area (Å²) in [7, 11) is 0. The first kappa shape index (κ1) is 18.7. The van der Waals surface area contributed by atoms with E-state index in [1.807, 2.05) is 0 Å². The van der Waals surface area contributed by atoms with Crippen LogP contribution in [0, 0.1) is 0 Å². The molecule has 1 saturated heterocycles. The zero-order valence-corrected chi connectivity index (χ0v) is 15.7. The van der Waals surface area contributed by atoms with Crippen LogP contribution in [-0.2, 0) is 19.1 Å². The van der Waals surface area contributed by atoms with Crippen LogP contribution in [-0.4, -0.2) is 47.9 Å². The lowest BCUT2D eigenvalue weighted by Crippen LogP contribution is -2.49. The van der Waals surface area contributed by atoms with E-state index < -0.39 is 11.6 Å². The van der Waals surface area contributed by atoms with Gasteiger partial charge in [-0.25, -0.2) is 4.79 Å². The first-order valence-electron chi connectivity index (χ1n) is 9.59. The molecule has 0 aromatic rings. The predicted octanol–water partition coefficient (Wildman–Crippen LogP) is 2.25. The number of hydrogen-bond acceptors (Lipinski definition) is 4. The Balaban J connectivity index is 1.65. The Kier molecular flexibility index (Phi) is 5.49. The zero-order valence-electron chi connectivity index (χ0n) is 15.7. The molecule has 2 amide bonds. The van der Waals surface area contributed by atoms with Crippen molar-refractivity contribution in [2.45, 2.75) is 64.4 Å². The first-order valence-corrected chi connectivity index (χ1v) is 9.59. The number of esters is 1. The monoisotopic (exact) mass is 360 g/mol. The number of hydrogen-bond donors (Lipinski definition) is 1. The Bertz CT molecular complexity index is 669. The van der Waals surface area contributed by atoms with Crippen molar-refractivity contribution in [3.05, 3.63) is 22.8 Å². The van der Waals surface area contributed by atoms with Crippen molar-refractivity contribution in [3.63, 3.8) is 0 Å². The van der Waals surface area contributed by atoms with E-state index in [1.165, 1.54) is 25.3 Å². The summed E-state index contributed by atoms with van der Waals surface area (Å²) < 4.78 is 5.64. The smallest absolute Gasteiger partial charge is 0.335 e. The van der Waals surface area contributed by atoms with Gasteiger partial charge in [-0.1, -0.05) is 11.6 Å². The van der Waals surface area contributed by atoms with E-state index >= 15 is 0 Å². The van der Waals surface area contributed by atoms with Gasteiger partial charge in [-0.05, 0) is 39.0 Å². The Morgan fingerprint density at radius 1 is 1.27 bits per heavy atom. The third kappa shape index (κ3) is 3.69.